The van der Waals surface area contributed by atoms with Crippen LogP contribution in [0.4, 0.5) is 5.69 Å². The number of carbonyl (C=O) groups is 1. The Balaban J connectivity index is 1.60. The van der Waals surface area contributed by atoms with Crippen LogP contribution in [-0.2, 0) is 24.4 Å². The first-order chi connectivity index (χ1) is 12.0. The summed E-state index contributed by atoms with van der Waals surface area (Å²) in [5.74, 6) is -0.180. The summed E-state index contributed by atoms with van der Waals surface area (Å²) in [5.41, 5.74) is 3.19. The summed E-state index contributed by atoms with van der Waals surface area (Å²) in [7, 11) is 0. The number of halogens is 1. The maximum absolute atomic E-state index is 12.2. The van der Waals surface area contributed by atoms with E-state index in [1.54, 1.807) is 21.8 Å². The van der Waals surface area contributed by atoms with Gasteiger partial charge in [-0.25, -0.2) is 0 Å². The van der Waals surface area contributed by atoms with Crippen molar-refractivity contribution in [3.63, 3.8) is 0 Å². The lowest BCUT2D eigenvalue weighted by Crippen LogP contribution is -2.20. The van der Waals surface area contributed by atoms with Crippen LogP contribution in [0.15, 0.2) is 24.8 Å². The predicted octanol–water partition coefficient (Wildman–Crippen LogP) is 2.25. The molecule has 3 aromatic heterocycles. The van der Waals surface area contributed by atoms with E-state index in [0.717, 1.165) is 17.8 Å². The van der Waals surface area contributed by atoms with E-state index in [4.69, 9.17) is 11.6 Å². The molecule has 3 aromatic rings. The van der Waals surface area contributed by atoms with Gasteiger partial charge in [-0.05, 0) is 20.8 Å². The highest BCUT2D eigenvalue weighted by Crippen LogP contribution is 2.18. The fraction of sp³-hybridized carbons (Fsp3) is 0.375. The molecule has 0 atom stereocenters. The van der Waals surface area contributed by atoms with E-state index in [-0.39, 0.29) is 12.5 Å². The van der Waals surface area contributed by atoms with Crippen molar-refractivity contribution in [2.24, 2.45) is 0 Å². The minimum Gasteiger partial charge on any atom is -0.322 e. The lowest BCUT2D eigenvalue weighted by molar-refractivity contribution is -0.116. The minimum atomic E-state index is -0.180. The van der Waals surface area contributed by atoms with Crippen LogP contribution in [0, 0.1) is 13.8 Å². The molecule has 0 fully saturated rings. The number of aromatic nitrogens is 6. The fourth-order valence-electron chi connectivity index (χ4n) is 2.53. The van der Waals surface area contributed by atoms with Crippen LogP contribution in [0.25, 0.3) is 0 Å². The van der Waals surface area contributed by atoms with Crippen molar-refractivity contribution >= 4 is 23.2 Å². The molecule has 0 aliphatic heterocycles. The van der Waals surface area contributed by atoms with Gasteiger partial charge < -0.3 is 5.32 Å². The number of amides is 1. The Bertz CT molecular complexity index is 892. The van der Waals surface area contributed by atoms with E-state index in [1.807, 2.05) is 37.8 Å². The largest absolute Gasteiger partial charge is 0.322 e. The molecule has 25 heavy (non-hydrogen) atoms. The molecule has 3 heterocycles. The molecule has 0 aromatic carbocycles. The number of nitrogens with zero attached hydrogens (tertiary/aromatic N) is 6. The maximum Gasteiger partial charge on any atom is 0.246 e. The lowest BCUT2D eigenvalue weighted by atomic mass is 10.4. The molecule has 8 nitrogen and oxygen atoms in total. The van der Waals surface area contributed by atoms with Crippen molar-refractivity contribution in [1.29, 1.82) is 0 Å². The molecule has 3 rings (SSSR count). The van der Waals surface area contributed by atoms with Gasteiger partial charge in [0.2, 0.25) is 5.91 Å². The first kappa shape index (κ1) is 17.2. The Labute approximate surface area is 150 Å². The van der Waals surface area contributed by atoms with Crippen LogP contribution < -0.4 is 5.32 Å². The van der Waals surface area contributed by atoms with Crippen LogP contribution in [0.2, 0.25) is 5.02 Å². The van der Waals surface area contributed by atoms with Crippen molar-refractivity contribution in [3.8, 4) is 0 Å². The normalized spacial score (nSPS) is 11.0. The zero-order valence-electron chi connectivity index (χ0n) is 14.4. The van der Waals surface area contributed by atoms with Gasteiger partial charge in [-0.3, -0.25) is 18.8 Å². The first-order valence-corrected chi connectivity index (χ1v) is 8.37. The summed E-state index contributed by atoms with van der Waals surface area (Å²) >= 11 is 6.10. The van der Waals surface area contributed by atoms with Gasteiger partial charge in [-0.2, -0.15) is 15.3 Å². The van der Waals surface area contributed by atoms with Crippen molar-refractivity contribution < 1.29 is 4.79 Å². The molecule has 0 aliphatic rings. The molecule has 0 spiro atoms. The maximum atomic E-state index is 12.2. The summed E-state index contributed by atoms with van der Waals surface area (Å²) in [6, 6.07) is 0. The Kier molecular flexibility index (Phi) is 4.89. The quantitative estimate of drug-likeness (QED) is 0.730. The summed E-state index contributed by atoms with van der Waals surface area (Å²) in [5, 5.41) is 16.2. The summed E-state index contributed by atoms with van der Waals surface area (Å²) in [6.45, 7) is 7.22. The second kappa shape index (κ2) is 7.10. The molecule has 0 saturated carbocycles. The molecule has 0 radical (unpaired) electrons. The Morgan fingerprint density at radius 2 is 1.96 bits per heavy atom. The molecule has 1 amide bonds. The van der Waals surface area contributed by atoms with Gasteiger partial charge in [0.05, 0.1) is 41.0 Å². The average molecular weight is 362 g/mol. The molecule has 0 bridgehead atoms. The van der Waals surface area contributed by atoms with Crippen molar-refractivity contribution in [1.82, 2.24) is 29.3 Å². The number of hydrogen-bond donors (Lipinski definition) is 1. The summed E-state index contributed by atoms with van der Waals surface area (Å²) in [6.07, 6.45) is 7.20. The van der Waals surface area contributed by atoms with Crippen LogP contribution >= 0.6 is 11.6 Å². The zero-order chi connectivity index (χ0) is 18.0. The van der Waals surface area contributed by atoms with E-state index in [0.29, 0.717) is 22.9 Å². The Hall–Kier alpha value is -2.61. The second-order valence-corrected chi connectivity index (χ2v) is 6.20. The lowest BCUT2D eigenvalue weighted by Gasteiger charge is -2.04. The molecule has 1 N–H and O–H groups in total. The molecule has 0 aliphatic carbocycles. The third-order valence-corrected chi connectivity index (χ3v) is 4.41. The fourth-order valence-corrected chi connectivity index (χ4v) is 2.66. The molecular weight excluding hydrogens is 342 g/mol. The van der Waals surface area contributed by atoms with Gasteiger partial charge >= 0.3 is 0 Å². The van der Waals surface area contributed by atoms with Crippen molar-refractivity contribution in [2.75, 3.05) is 5.32 Å². The third-order valence-electron chi connectivity index (χ3n) is 3.86. The molecule has 9 heteroatoms. The average Bonchev–Trinajstić information content (AvgIpc) is 3.26. The number of nitrogens with one attached hydrogen (secondary N) is 1. The van der Waals surface area contributed by atoms with E-state index in [1.165, 1.54) is 0 Å². The number of anilines is 1. The highest BCUT2D eigenvalue weighted by molar-refractivity contribution is 6.31. The number of carbonyl (C=O) groups excluding carboxylic acids is 1. The van der Waals surface area contributed by atoms with Gasteiger partial charge in [0.25, 0.3) is 0 Å². The van der Waals surface area contributed by atoms with Gasteiger partial charge in [-0.15, -0.1) is 0 Å². The number of aryl methyl sites for hydroxylation is 2. The van der Waals surface area contributed by atoms with Crippen LogP contribution in [0.3, 0.4) is 0 Å². The van der Waals surface area contributed by atoms with Gasteiger partial charge in [0, 0.05) is 24.5 Å². The van der Waals surface area contributed by atoms with Crippen LogP contribution in [-0.4, -0.2) is 35.2 Å². The summed E-state index contributed by atoms with van der Waals surface area (Å²) < 4.78 is 5.21. The van der Waals surface area contributed by atoms with Gasteiger partial charge in [0.15, 0.2) is 0 Å². The zero-order valence-corrected chi connectivity index (χ0v) is 15.2. The number of hydrogen-bond acceptors (Lipinski definition) is 4. The monoisotopic (exact) mass is 361 g/mol. The van der Waals surface area contributed by atoms with E-state index in [2.05, 4.69) is 20.6 Å². The predicted molar refractivity (Wildman–Crippen MR) is 94.6 cm³/mol. The van der Waals surface area contributed by atoms with Crippen molar-refractivity contribution in [3.05, 3.63) is 46.8 Å². The van der Waals surface area contributed by atoms with Crippen LogP contribution in [0.1, 0.15) is 23.9 Å². The minimum absolute atomic E-state index is 0.105. The van der Waals surface area contributed by atoms with Gasteiger partial charge in [0.1, 0.15) is 6.54 Å². The highest BCUT2D eigenvalue weighted by atomic mass is 35.5. The SMILES string of the molecule is CCn1cc(Cn2cc(NC(=O)Cn3nc(C)c(Cl)c3C)cn2)cn1. The van der Waals surface area contributed by atoms with Crippen LogP contribution in [0.5, 0.6) is 0 Å². The number of rotatable bonds is 6. The van der Waals surface area contributed by atoms with E-state index < -0.39 is 0 Å². The Morgan fingerprint density at radius 3 is 2.60 bits per heavy atom. The van der Waals surface area contributed by atoms with Crippen molar-refractivity contribution in [2.45, 2.75) is 40.4 Å². The smallest absolute Gasteiger partial charge is 0.246 e. The second-order valence-electron chi connectivity index (χ2n) is 5.82. The highest BCUT2D eigenvalue weighted by Gasteiger charge is 2.13. The standard InChI is InChI=1S/C16H20ClN7O/c1-4-22-7-13(5-18-22)8-23-9-14(6-19-23)20-15(25)10-24-12(3)16(17)11(2)21-24/h5-7,9H,4,8,10H2,1-3H3,(H,20,25). The Morgan fingerprint density at radius 1 is 1.20 bits per heavy atom. The topological polar surface area (TPSA) is 82.6 Å². The van der Waals surface area contributed by atoms with E-state index in [9.17, 15) is 4.79 Å². The van der Waals surface area contributed by atoms with Gasteiger partial charge in [-0.1, -0.05) is 11.6 Å². The summed E-state index contributed by atoms with van der Waals surface area (Å²) in [4.78, 5) is 12.2. The molecular formula is C16H20ClN7O. The third kappa shape index (κ3) is 3.90. The van der Waals surface area contributed by atoms with E-state index >= 15 is 0 Å². The molecule has 0 unspecified atom stereocenters. The first-order valence-electron chi connectivity index (χ1n) is 7.99. The molecule has 132 valence electrons. The molecule has 0 saturated heterocycles.